The Balaban J connectivity index is 2.05. The van der Waals surface area contributed by atoms with Crippen LogP contribution < -0.4 is 4.99 Å². The van der Waals surface area contributed by atoms with Crippen LogP contribution in [0.5, 0.6) is 0 Å². The van der Waals surface area contributed by atoms with E-state index in [0.29, 0.717) is 16.9 Å². The topological polar surface area (TPSA) is 40.3 Å². The van der Waals surface area contributed by atoms with E-state index in [4.69, 9.17) is 4.74 Å². The van der Waals surface area contributed by atoms with Crippen molar-refractivity contribution in [2.45, 2.75) is 26.2 Å². The van der Waals surface area contributed by atoms with Crippen LogP contribution in [-0.4, -0.2) is 18.6 Å². The number of Topliss-reactive ketones (excluding diaryl/α,β-unsaturated/α-hetero) is 1. The summed E-state index contributed by atoms with van der Waals surface area (Å²) in [4.78, 5) is 15.4. The number of benzene rings is 1. The van der Waals surface area contributed by atoms with Crippen LogP contribution >= 0.6 is 0 Å². The molecule has 0 amide bonds. The molecular weight excluding hydrogens is 250 g/mol. The zero-order valence-corrected chi connectivity index (χ0v) is 12.2. The molecule has 20 heavy (non-hydrogen) atoms. The Morgan fingerprint density at radius 3 is 2.60 bits per heavy atom. The van der Waals surface area contributed by atoms with E-state index in [2.05, 4.69) is 31.0 Å². The Hall–Kier alpha value is -2.16. The lowest BCUT2D eigenvalue weighted by Gasteiger charge is -2.22. The summed E-state index contributed by atoms with van der Waals surface area (Å²) in [6.45, 7) is 6.11. The second-order valence-electron chi connectivity index (χ2n) is 5.75. The monoisotopic (exact) mass is 268 g/mol. The van der Waals surface area contributed by atoms with E-state index in [0.717, 1.165) is 11.4 Å². The van der Waals surface area contributed by atoms with Crippen LogP contribution in [0.1, 0.15) is 26.3 Å². The number of nitrogens with one attached hydrogen (secondary N) is 1. The minimum atomic E-state index is -0.133. The van der Waals surface area contributed by atoms with Gasteiger partial charge in [-0.15, -0.1) is 0 Å². The van der Waals surface area contributed by atoms with Gasteiger partial charge in [0, 0.05) is 23.3 Å². The number of allylic oxidation sites excluding steroid dienone is 3. The van der Waals surface area contributed by atoms with Gasteiger partial charge in [0.25, 0.3) is 0 Å². The molecule has 3 nitrogen and oxygen atoms in total. The second kappa shape index (κ2) is 4.17. The number of ketones is 1. The van der Waals surface area contributed by atoms with Gasteiger partial charge in [-0.05, 0) is 20.8 Å². The van der Waals surface area contributed by atoms with Crippen LogP contribution in [0.3, 0.4) is 0 Å². The van der Waals surface area contributed by atoms with Crippen molar-refractivity contribution in [3.63, 3.8) is 0 Å². The van der Waals surface area contributed by atoms with Gasteiger partial charge in [-0.2, -0.15) is 0 Å². The molecule has 0 saturated heterocycles. The standard InChI is InChI=1S/C17H17NO2/c1-10-15(19)11(16(10)20-4)9-14-17(2,3)12-7-5-6-8-13(12)18-14/h5-9H,1-4H3/p+1/b11-9-. The number of ether oxygens (including phenoxy) is 1. The molecule has 0 aromatic heterocycles. The van der Waals surface area contributed by atoms with Gasteiger partial charge < -0.3 is 4.74 Å². The van der Waals surface area contributed by atoms with Crippen molar-refractivity contribution in [2.24, 2.45) is 0 Å². The Morgan fingerprint density at radius 1 is 1.25 bits per heavy atom. The summed E-state index contributed by atoms with van der Waals surface area (Å²) in [6.07, 6.45) is 1.92. The van der Waals surface area contributed by atoms with Crippen LogP contribution in [0.15, 0.2) is 47.2 Å². The average molecular weight is 268 g/mol. The number of hydrogen-bond donors (Lipinski definition) is 1. The highest BCUT2D eigenvalue weighted by molar-refractivity contribution is 6.22. The van der Waals surface area contributed by atoms with E-state index in [-0.39, 0.29) is 11.2 Å². The Labute approximate surface area is 118 Å². The maximum Gasteiger partial charge on any atom is 0.208 e. The molecular formula is C17H18NO2+. The van der Waals surface area contributed by atoms with Crippen LogP contribution in [0.4, 0.5) is 5.69 Å². The van der Waals surface area contributed by atoms with Gasteiger partial charge in [-0.25, -0.2) is 4.99 Å². The lowest BCUT2D eigenvalue weighted by Crippen LogP contribution is -2.65. The molecule has 0 bridgehead atoms. The Kier molecular flexibility index (Phi) is 2.68. The summed E-state index contributed by atoms with van der Waals surface area (Å²) in [5.74, 6) is 0.777. The average Bonchev–Trinajstić information content (AvgIpc) is 2.70. The predicted molar refractivity (Wildman–Crippen MR) is 77.9 cm³/mol. The molecule has 1 aliphatic carbocycles. The van der Waals surface area contributed by atoms with Gasteiger partial charge in [-0.1, -0.05) is 18.2 Å². The van der Waals surface area contributed by atoms with E-state index in [1.54, 1.807) is 14.0 Å². The molecule has 1 aromatic rings. The van der Waals surface area contributed by atoms with Crippen molar-refractivity contribution >= 4 is 17.2 Å². The molecule has 1 N–H and O–H groups in total. The highest BCUT2D eigenvalue weighted by Crippen LogP contribution is 2.35. The van der Waals surface area contributed by atoms with Crippen LogP contribution in [0, 0.1) is 0 Å². The minimum Gasteiger partial charge on any atom is -0.496 e. The molecule has 1 heterocycles. The van der Waals surface area contributed by atoms with Crippen molar-refractivity contribution in [3.05, 3.63) is 52.8 Å². The van der Waals surface area contributed by atoms with Crippen molar-refractivity contribution in [1.29, 1.82) is 0 Å². The molecule has 0 fully saturated rings. The van der Waals surface area contributed by atoms with E-state index in [1.165, 1.54) is 5.56 Å². The van der Waals surface area contributed by atoms with Gasteiger partial charge in [0.15, 0.2) is 11.5 Å². The summed E-state index contributed by atoms with van der Waals surface area (Å²) in [7, 11) is 1.60. The van der Waals surface area contributed by atoms with Crippen molar-refractivity contribution in [1.82, 2.24) is 0 Å². The molecule has 0 atom stereocenters. The molecule has 1 aliphatic heterocycles. The first kappa shape index (κ1) is 12.9. The summed E-state index contributed by atoms with van der Waals surface area (Å²) < 4.78 is 5.29. The number of methoxy groups -OCH3 is 1. The fourth-order valence-electron chi connectivity index (χ4n) is 2.89. The van der Waals surface area contributed by atoms with Gasteiger partial charge >= 0.3 is 0 Å². The third-order valence-corrected chi connectivity index (χ3v) is 4.21. The maximum absolute atomic E-state index is 12.0. The smallest absolute Gasteiger partial charge is 0.208 e. The van der Waals surface area contributed by atoms with Gasteiger partial charge in [0.2, 0.25) is 5.69 Å². The van der Waals surface area contributed by atoms with Crippen molar-refractivity contribution in [3.8, 4) is 0 Å². The van der Waals surface area contributed by atoms with Crippen LogP contribution in [0.2, 0.25) is 0 Å². The zero-order valence-electron chi connectivity index (χ0n) is 12.2. The normalized spacial score (nSPS) is 21.7. The molecule has 1 aromatic carbocycles. The van der Waals surface area contributed by atoms with Gasteiger partial charge in [0.1, 0.15) is 5.76 Å². The third kappa shape index (κ3) is 1.59. The number of fused-ring (bicyclic) bond motifs is 1. The number of hydrogen-bond acceptors (Lipinski definition) is 2. The lowest BCUT2D eigenvalue weighted by molar-refractivity contribution is -0.349. The molecule has 3 heteroatoms. The molecule has 0 unspecified atom stereocenters. The van der Waals surface area contributed by atoms with Crippen molar-refractivity contribution < 1.29 is 14.5 Å². The van der Waals surface area contributed by atoms with E-state index >= 15 is 0 Å². The summed E-state index contributed by atoms with van der Waals surface area (Å²) in [5, 5.41) is 0. The number of rotatable bonds is 2. The summed E-state index contributed by atoms with van der Waals surface area (Å²) >= 11 is 0. The van der Waals surface area contributed by atoms with E-state index < -0.39 is 0 Å². The highest BCUT2D eigenvalue weighted by atomic mass is 16.5. The van der Waals surface area contributed by atoms with Gasteiger partial charge in [-0.3, -0.25) is 4.79 Å². The Morgan fingerprint density at radius 2 is 1.95 bits per heavy atom. The SMILES string of the molecule is COC1=C(C)C(=O)/C1=C/C1=[NH+]c2ccccc2C1(C)C. The summed E-state index contributed by atoms with van der Waals surface area (Å²) in [5.41, 5.74) is 4.62. The summed E-state index contributed by atoms with van der Waals surface area (Å²) in [6, 6.07) is 8.23. The quantitative estimate of drug-likeness (QED) is 0.827. The maximum atomic E-state index is 12.0. The first-order chi connectivity index (χ1) is 9.46. The zero-order chi connectivity index (χ0) is 14.5. The molecule has 2 aliphatic rings. The van der Waals surface area contributed by atoms with E-state index in [9.17, 15) is 4.79 Å². The predicted octanol–water partition coefficient (Wildman–Crippen LogP) is 1.56. The van der Waals surface area contributed by atoms with Crippen LogP contribution in [-0.2, 0) is 14.9 Å². The number of carbonyl (C=O) groups excluding carboxylic acids is 1. The molecule has 0 radical (unpaired) electrons. The fourth-order valence-corrected chi connectivity index (χ4v) is 2.89. The molecule has 0 saturated carbocycles. The molecule has 3 rings (SSSR count). The number of carbonyl (C=O) groups is 1. The fraction of sp³-hybridized carbons (Fsp3) is 0.294. The van der Waals surface area contributed by atoms with Crippen LogP contribution in [0.25, 0.3) is 0 Å². The number of para-hydroxylation sites is 1. The first-order valence-electron chi connectivity index (χ1n) is 6.72. The molecule has 0 spiro atoms. The molecule has 102 valence electrons. The third-order valence-electron chi connectivity index (χ3n) is 4.21. The first-order valence-corrected chi connectivity index (χ1v) is 6.72. The van der Waals surface area contributed by atoms with Gasteiger partial charge in [0.05, 0.1) is 18.1 Å². The van der Waals surface area contributed by atoms with E-state index in [1.807, 2.05) is 18.2 Å². The highest BCUT2D eigenvalue weighted by Gasteiger charge is 2.42. The second-order valence-corrected chi connectivity index (χ2v) is 5.75. The van der Waals surface area contributed by atoms with Crippen molar-refractivity contribution in [2.75, 3.05) is 7.11 Å². The largest absolute Gasteiger partial charge is 0.496 e. The Bertz CT molecular complexity index is 705. The minimum absolute atomic E-state index is 0.0721. The lowest BCUT2D eigenvalue weighted by atomic mass is 9.79.